The predicted molar refractivity (Wildman–Crippen MR) is 92.5 cm³/mol. The van der Waals surface area contributed by atoms with Gasteiger partial charge in [-0.15, -0.1) is 0 Å². The monoisotopic (exact) mass is 315 g/mol. The summed E-state index contributed by atoms with van der Waals surface area (Å²) in [6.45, 7) is 2.43. The first-order valence-corrected chi connectivity index (χ1v) is 9.25. The Morgan fingerprint density at radius 2 is 1.61 bits per heavy atom. The van der Waals surface area contributed by atoms with Crippen LogP contribution < -0.4 is 0 Å². The number of nitrogens with zero attached hydrogens (tertiary/aromatic N) is 1. The van der Waals surface area contributed by atoms with E-state index in [4.69, 9.17) is 5.11 Å². The summed E-state index contributed by atoms with van der Waals surface area (Å²) in [5.41, 5.74) is 2.12. The van der Waals surface area contributed by atoms with E-state index in [1.165, 1.54) is 5.56 Å². The molecule has 0 saturated heterocycles. The number of aliphatic hydroxyl groups excluding tert-OH is 1. The molecule has 2 aliphatic carbocycles. The summed E-state index contributed by atoms with van der Waals surface area (Å²) < 4.78 is 0. The molecular weight excluding hydrogens is 286 g/mol. The van der Waals surface area contributed by atoms with Crippen molar-refractivity contribution in [2.75, 3.05) is 6.61 Å². The Kier molecular flexibility index (Phi) is 5.37. The van der Waals surface area contributed by atoms with Crippen LogP contribution in [0, 0.1) is 5.92 Å². The highest BCUT2D eigenvalue weighted by atomic mass is 16.3. The SMILES string of the molecule is CCc1ccc(C(=O)N(C2CCC(CCO)CC2)C2CC2)cc1. The Morgan fingerprint density at radius 3 is 2.09 bits per heavy atom. The lowest BCUT2D eigenvalue weighted by atomic mass is 9.83. The second-order valence-corrected chi connectivity index (χ2v) is 7.18. The number of hydrogen-bond acceptors (Lipinski definition) is 2. The molecule has 0 aliphatic heterocycles. The number of benzene rings is 1. The van der Waals surface area contributed by atoms with Crippen LogP contribution in [0.5, 0.6) is 0 Å². The van der Waals surface area contributed by atoms with Gasteiger partial charge in [-0.1, -0.05) is 19.1 Å². The van der Waals surface area contributed by atoms with Crippen molar-refractivity contribution in [3.05, 3.63) is 35.4 Å². The van der Waals surface area contributed by atoms with E-state index >= 15 is 0 Å². The minimum Gasteiger partial charge on any atom is -0.396 e. The molecule has 1 aromatic rings. The van der Waals surface area contributed by atoms with Crippen LogP contribution in [0.15, 0.2) is 24.3 Å². The summed E-state index contributed by atoms with van der Waals surface area (Å²) in [6.07, 6.45) is 8.75. The van der Waals surface area contributed by atoms with Gasteiger partial charge in [-0.2, -0.15) is 0 Å². The van der Waals surface area contributed by atoms with E-state index in [0.29, 0.717) is 24.6 Å². The van der Waals surface area contributed by atoms with Crippen molar-refractivity contribution in [2.45, 2.75) is 70.4 Å². The van der Waals surface area contributed by atoms with Gasteiger partial charge in [0.05, 0.1) is 0 Å². The summed E-state index contributed by atoms with van der Waals surface area (Å²) in [4.78, 5) is 15.2. The third kappa shape index (κ3) is 3.95. The van der Waals surface area contributed by atoms with Gasteiger partial charge in [0.15, 0.2) is 0 Å². The fraction of sp³-hybridized carbons (Fsp3) is 0.650. The van der Waals surface area contributed by atoms with Crippen LogP contribution in [0.2, 0.25) is 0 Å². The Morgan fingerprint density at radius 1 is 1.04 bits per heavy atom. The number of amides is 1. The third-order valence-electron chi connectivity index (χ3n) is 5.53. The normalized spacial score (nSPS) is 24.4. The van der Waals surface area contributed by atoms with Crippen LogP contribution >= 0.6 is 0 Å². The summed E-state index contributed by atoms with van der Waals surface area (Å²) >= 11 is 0. The van der Waals surface area contributed by atoms with Gasteiger partial charge in [-0.3, -0.25) is 4.79 Å². The maximum Gasteiger partial charge on any atom is 0.254 e. The molecule has 3 nitrogen and oxygen atoms in total. The molecule has 0 unspecified atom stereocenters. The molecule has 3 heteroatoms. The first-order chi connectivity index (χ1) is 11.2. The van der Waals surface area contributed by atoms with Gasteiger partial charge in [0.25, 0.3) is 5.91 Å². The number of aryl methyl sites for hydroxylation is 1. The lowest BCUT2D eigenvalue weighted by Crippen LogP contribution is -2.44. The maximum absolute atomic E-state index is 13.0. The van der Waals surface area contributed by atoms with Crippen molar-refractivity contribution in [3.8, 4) is 0 Å². The molecule has 1 amide bonds. The average Bonchev–Trinajstić information content (AvgIpc) is 3.42. The van der Waals surface area contributed by atoms with E-state index in [2.05, 4.69) is 24.0 Å². The summed E-state index contributed by atoms with van der Waals surface area (Å²) in [5.74, 6) is 0.872. The molecule has 1 N–H and O–H groups in total. The van der Waals surface area contributed by atoms with Crippen LogP contribution in [0.3, 0.4) is 0 Å². The van der Waals surface area contributed by atoms with Crippen LogP contribution in [-0.2, 0) is 6.42 Å². The van der Waals surface area contributed by atoms with Gasteiger partial charge in [0.1, 0.15) is 0 Å². The number of rotatable bonds is 6. The van der Waals surface area contributed by atoms with Gasteiger partial charge in [-0.25, -0.2) is 0 Å². The first-order valence-electron chi connectivity index (χ1n) is 9.25. The van der Waals surface area contributed by atoms with Crippen molar-refractivity contribution in [2.24, 2.45) is 5.92 Å². The topological polar surface area (TPSA) is 40.5 Å². The van der Waals surface area contributed by atoms with Crippen LogP contribution in [0.1, 0.15) is 67.8 Å². The second kappa shape index (κ2) is 7.48. The Bertz CT molecular complexity index is 513. The molecule has 2 fully saturated rings. The molecule has 23 heavy (non-hydrogen) atoms. The Balaban J connectivity index is 1.67. The minimum absolute atomic E-state index is 0.223. The van der Waals surface area contributed by atoms with Crippen molar-refractivity contribution < 1.29 is 9.90 Å². The minimum atomic E-state index is 0.223. The quantitative estimate of drug-likeness (QED) is 0.867. The number of carbonyl (C=O) groups is 1. The highest BCUT2D eigenvalue weighted by molar-refractivity contribution is 5.94. The van der Waals surface area contributed by atoms with Crippen molar-refractivity contribution in [1.29, 1.82) is 0 Å². The zero-order valence-electron chi connectivity index (χ0n) is 14.2. The highest BCUT2D eigenvalue weighted by Crippen LogP contribution is 2.37. The van der Waals surface area contributed by atoms with E-state index in [-0.39, 0.29) is 5.91 Å². The van der Waals surface area contributed by atoms with Crippen LogP contribution in [0.25, 0.3) is 0 Å². The van der Waals surface area contributed by atoms with E-state index in [9.17, 15) is 4.79 Å². The smallest absolute Gasteiger partial charge is 0.254 e. The molecule has 0 radical (unpaired) electrons. The lowest BCUT2D eigenvalue weighted by molar-refractivity contribution is 0.0578. The van der Waals surface area contributed by atoms with Crippen LogP contribution in [0.4, 0.5) is 0 Å². The molecule has 126 valence electrons. The Labute approximate surface area is 139 Å². The lowest BCUT2D eigenvalue weighted by Gasteiger charge is -2.37. The molecule has 2 aliphatic rings. The van der Waals surface area contributed by atoms with Gasteiger partial charge in [0.2, 0.25) is 0 Å². The summed E-state index contributed by atoms with van der Waals surface area (Å²) in [7, 11) is 0. The number of carbonyl (C=O) groups excluding carboxylic acids is 1. The van der Waals surface area contributed by atoms with Gasteiger partial charge >= 0.3 is 0 Å². The molecular formula is C20H29NO2. The van der Waals surface area contributed by atoms with Crippen molar-refractivity contribution in [3.63, 3.8) is 0 Å². The first kappa shape index (κ1) is 16.5. The van der Waals surface area contributed by atoms with Gasteiger partial charge in [0, 0.05) is 24.3 Å². The maximum atomic E-state index is 13.0. The van der Waals surface area contributed by atoms with Gasteiger partial charge in [-0.05, 0) is 75.0 Å². The number of hydrogen-bond donors (Lipinski definition) is 1. The van der Waals surface area contributed by atoms with E-state index in [1.54, 1.807) is 0 Å². The van der Waals surface area contributed by atoms with Crippen LogP contribution in [-0.4, -0.2) is 34.6 Å². The molecule has 0 heterocycles. The zero-order valence-corrected chi connectivity index (χ0v) is 14.2. The van der Waals surface area contributed by atoms with E-state index in [1.807, 2.05) is 12.1 Å². The zero-order chi connectivity index (χ0) is 16.2. The molecule has 0 bridgehead atoms. The fourth-order valence-corrected chi connectivity index (χ4v) is 3.91. The average molecular weight is 315 g/mol. The van der Waals surface area contributed by atoms with E-state index in [0.717, 1.165) is 56.9 Å². The second-order valence-electron chi connectivity index (χ2n) is 7.18. The summed E-state index contributed by atoms with van der Waals surface area (Å²) in [5, 5.41) is 9.11. The molecule has 0 aromatic heterocycles. The molecule has 0 spiro atoms. The molecule has 0 atom stereocenters. The molecule has 2 saturated carbocycles. The van der Waals surface area contributed by atoms with E-state index < -0.39 is 0 Å². The Hall–Kier alpha value is -1.35. The standard InChI is InChI=1S/C20H29NO2/c1-2-15-3-7-17(8-4-15)20(23)21(19-11-12-19)18-9-5-16(6-10-18)13-14-22/h3-4,7-8,16,18-19,22H,2,5-6,9-14H2,1H3. The van der Waals surface area contributed by atoms with Gasteiger partial charge < -0.3 is 10.0 Å². The summed E-state index contributed by atoms with van der Waals surface area (Å²) in [6, 6.07) is 9.01. The van der Waals surface area contributed by atoms with Crippen molar-refractivity contribution in [1.82, 2.24) is 4.90 Å². The predicted octanol–water partition coefficient (Wildman–Crippen LogP) is 3.79. The largest absolute Gasteiger partial charge is 0.396 e. The molecule has 1 aromatic carbocycles. The molecule has 3 rings (SSSR count). The highest BCUT2D eigenvalue weighted by Gasteiger charge is 2.39. The number of aliphatic hydroxyl groups is 1. The fourth-order valence-electron chi connectivity index (χ4n) is 3.91. The third-order valence-corrected chi connectivity index (χ3v) is 5.53. The van der Waals surface area contributed by atoms with Crippen molar-refractivity contribution >= 4 is 5.91 Å².